The van der Waals surface area contributed by atoms with Crippen LogP contribution in [0.4, 0.5) is 0 Å². The van der Waals surface area contributed by atoms with E-state index in [4.69, 9.17) is 0 Å². The quantitative estimate of drug-likeness (QED) is 0.918. The third-order valence-corrected chi connectivity index (χ3v) is 5.70. The van der Waals surface area contributed by atoms with Gasteiger partial charge < -0.3 is 5.32 Å². The smallest absolute Gasteiger partial charge is 0.107 e. The molecule has 0 radical (unpaired) electrons. The van der Waals surface area contributed by atoms with E-state index < -0.39 is 0 Å². The second-order valence-electron chi connectivity index (χ2n) is 6.67. The molecular formula is C15H25N3S. The van der Waals surface area contributed by atoms with Crippen LogP contribution in [0.25, 0.3) is 0 Å². The number of hydrogen-bond donors (Lipinski definition) is 1. The van der Waals surface area contributed by atoms with Crippen LogP contribution >= 0.6 is 11.3 Å². The normalized spacial score (nSPS) is 32.9. The Morgan fingerprint density at radius 2 is 2.32 bits per heavy atom. The third-order valence-electron chi connectivity index (χ3n) is 4.93. The van der Waals surface area contributed by atoms with E-state index in [0.717, 1.165) is 25.6 Å². The van der Waals surface area contributed by atoms with Gasteiger partial charge >= 0.3 is 0 Å². The van der Waals surface area contributed by atoms with Crippen molar-refractivity contribution in [2.75, 3.05) is 13.1 Å². The maximum absolute atomic E-state index is 4.48. The highest BCUT2D eigenvalue weighted by molar-refractivity contribution is 7.09. The molecule has 1 saturated carbocycles. The summed E-state index contributed by atoms with van der Waals surface area (Å²) in [6, 6.07) is 0.617. The zero-order valence-electron chi connectivity index (χ0n) is 12.2. The summed E-state index contributed by atoms with van der Waals surface area (Å²) < 4.78 is 0. The molecule has 1 aliphatic heterocycles. The first-order valence-electron chi connectivity index (χ1n) is 7.46. The van der Waals surface area contributed by atoms with Crippen molar-refractivity contribution >= 4 is 11.3 Å². The van der Waals surface area contributed by atoms with Crippen LogP contribution in [0.1, 0.15) is 38.6 Å². The van der Waals surface area contributed by atoms with Crippen LogP contribution in [0.15, 0.2) is 11.6 Å². The Morgan fingerprint density at radius 1 is 1.53 bits per heavy atom. The van der Waals surface area contributed by atoms with Crippen molar-refractivity contribution in [3.05, 3.63) is 16.6 Å². The van der Waals surface area contributed by atoms with Gasteiger partial charge in [-0.3, -0.25) is 4.90 Å². The number of nitrogens with zero attached hydrogens (tertiary/aromatic N) is 2. The van der Waals surface area contributed by atoms with E-state index in [9.17, 15) is 0 Å². The lowest BCUT2D eigenvalue weighted by atomic mass is 9.87. The fourth-order valence-corrected chi connectivity index (χ4v) is 3.88. The summed E-state index contributed by atoms with van der Waals surface area (Å²) in [7, 11) is 0. The Labute approximate surface area is 120 Å². The molecular weight excluding hydrogens is 254 g/mol. The zero-order valence-corrected chi connectivity index (χ0v) is 13.0. The molecule has 0 spiro atoms. The van der Waals surface area contributed by atoms with Gasteiger partial charge in [0.25, 0.3) is 0 Å². The molecule has 106 valence electrons. The lowest BCUT2D eigenvalue weighted by Gasteiger charge is -2.49. The van der Waals surface area contributed by atoms with Gasteiger partial charge in [0.15, 0.2) is 0 Å². The highest BCUT2D eigenvalue weighted by atomic mass is 32.1. The summed E-state index contributed by atoms with van der Waals surface area (Å²) in [5.41, 5.74) is 0.330. The van der Waals surface area contributed by atoms with E-state index in [1.807, 2.05) is 6.20 Å². The monoisotopic (exact) mass is 279 g/mol. The molecule has 1 N–H and O–H groups in total. The van der Waals surface area contributed by atoms with Crippen LogP contribution in [-0.4, -0.2) is 34.6 Å². The minimum atomic E-state index is 0.330. The highest BCUT2D eigenvalue weighted by Gasteiger charge is 2.48. The van der Waals surface area contributed by atoms with Gasteiger partial charge in [-0.25, -0.2) is 4.98 Å². The number of hydrogen-bond acceptors (Lipinski definition) is 4. The van der Waals surface area contributed by atoms with E-state index in [0.29, 0.717) is 17.5 Å². The van der Waals surface area contributed by atoms with Gasteiger partial charge in [-0.05, 0) is 31.6 Å². The van der Waals surface area contributed by atoms with E-state index in [-0.39, 0.29) is 0 Å². The van der Waals surface area contributed by atoms with Crippen LogP contribution < -0.4 is 5.32 Å². The molecule has 0 bridgehead atoms. The van der Waals surface area contributed by atoms with Crippen molar-refractivity contribution < 1.29 is 0 Å². The summed E-state index contributed by atoms with van der Waals surface area (Å²) >= 11 is 1.79. The van der Waals surface area contributed by atoms with E-state index in [1.54, 1.807) is 11.3 Å². The van der Waals surface area contributed by atoms with Crippen molar-refractivity contribution in [3.8, 4) is 0 Å². The second kappa shape index (κ2) is 5.15. The van der Waals surface area contributed by atoms with Gasteiger partial charge in [0.2, 0.25) is 0 Å². The van der Waals surface area contributed by atoms with E-state index >= 15 is 0 Å². The predicted octanol–water partition coefficient (Wildman–Crippen LogP) is 2.74. The fourth-order valence-electron chi connectivity index (χ4n) is 3.25. The van der Waals surface area contributed by atoms with E-state index in [2.05, 4.69) is 41.4 Å². The van der Waals surface area contributed by atoms with Gasteiger partial charge in [-0.15, -0.1) is 11.3 Å². The molecule has 1 saturated heterocycles. The highest BCUT2D eigenvalue weighted by Crippen LogP contribution is 2.44. The van der Waals surface area contributed by atoms with Crippen molar-refractivity contribution in [1.82, 2.24) is 15.2 Å². The van der Waals surface area contributed by atoms with Crippen LogP contribution in [0.2, 0.25) is 0 Å². The molecule has 1 aliphatic carbocycles. The predicted molar refractivity (Wildman–Crippen MR) is 80.3 cm³/mol. The minimum absolute atomic E-state index is 0.330. The van der Waals surface area contributed by atoms with Crippen molar-refractivity contribution in [2.45, 2.75) is 51.7 Å². The molecule has 19 heavy (non-hydrogen) atoms. The largest absolute Gasteiger partial charge is 0.311 e. The van der Waals surface area contributed by atoms with Crippen molar-refractivity contribution in [1.29, 1.82) is 0 Å². The molecule has 0 amide bonds. The molecule has 3 rings (SSSR count). The first-order valence-corrected chi connectivity index (χ1v) is 8.34. The third kappa shape index (κ3) is 2.71. The standard InChI is InChI=1S/C15H25N3S/c1-11(2)13-8-18(9-14-16-6-7-19-14)15(3,10-17-13)12-4-5-12/h6-7,11-13,17H,4-5,8-10H2,1-3H3. The molecule has 2 atom stereocenters. The number of rotatable bonds is 4. The molecule has 3 nitrogen and oxygen atoms in total. The first kappa shape index (κ1) is 13.5. The maximum Gasteiger partial charge on any atom is 0.107 e. The number of thiazole rings is 1. The molecule has 1 aromatic heterocycles. The van der Waals surface area contributed by atoms with Gasteiger partial charge in [0, 0.05) is 36.2 Å². The molecule has 2 heterocycles. The van der Waals surface area contributed by atoms with E-state index in [1.165, 1.54) is 17.8 Å². The number of piperazine rings is 1. The van der Waals surface area contributed by atoms with Crippen LogP contribution in [-0.2, 0) is 6.54 Å². The van der Waals surface area contributed by atoms with Crippen LogP contribution in [0.3, 0.4) is 0 Å². The molecule has 2 fully saturated rings. The molecule has 2 aliphatic rings. The molecule has 0 aromatic carbocycles. The van der Waals surface area contributed by atoms with Gasteiger partial charge in [-0.2, -0.15) is 0 Å². The van der Waals surface area contributed by atoms with Gasteiger partial charge in [-0.1, -0.05) is 13.8 Å². The summed E-state index contributed by atoms with van der Waals surface area (Å²) in [6.07, 6.45) is 4.73. The minimum Gasteiger partial charge on any atom is -0.311 e. The van der Waals surface area contributed by atoms with Crippen molar-refractivity contribution in [2.24, 2.45) is 11.8 Å². The summed E-state index contributed by atoms with van der Waals surface area (Å²) in [5.74, 6) is 1.58. The average molecular weight is 279 g/mol. The molecule has 1 aromatic rings. The second-order valence-corrected chi connectivity index (χ2v) is 7.65. The fraction of sp³-hybridized carbons (Fsp3) is 0.800. The Bertz CT molecular complexity index is 413. The van der Waals surface area contributed by atoms with Crippen molar-refractivity contribution in [3.63, 3.8) is 0 Å². The molecule has 4 heteroatoms. The summed E-state index contributed by atoms with van der Waals surface area (Å²) in [4.78, 5) is 7.18. The topological polar surface area (TPSA) is 28.2 Å². The molecule has 2 unspecified atom stereocenters. The SMILES string of the molecule is CC(C)C1CN(Cc2nccs2)C(C)(C2CC2)CN1. The number of nitrogens with one attached hydrogen (secondary N) is 1. The van der Waals surface area contributed by atoms with Crippen LogP contribution in [0.5, 0.6) is 0 Å². The van der Waals surface area contributed by atoms with Gasteiger partial charge in [0.1, 0.15) is 5.01 Å². The maximum atomic E-state index is 4.48. The van der Waals surface area contributed by atoms with Crippen LogP contribution in [0, 0.1) is 11.8 Å². The zero-order chi connectivity index (χ0) is 13.5. The first-order chi connectivity index (χ1) is 9.09. The lowest BCUT2D eigenvalue weighted by Crippen LogP contribution is -2.65. The Balaban J connectivity index is 1.76. The average Bonchev–Trinajstić information content (AvgIpc) is 3.12. The Morgan fingerprint density at radius 3 is 2.89 bits per heavy atom. The van der Waals surface area contributed by atoms with Gasteiger partial charge in [0.05, 0.1) is 6.54 Å². The Kier molecular flexibility index (Phi) is 3.67. The lowest BCUT2D eigenvalue weighted by molar-refractivity contribution is 0.0186. The summed E-state index contributed by atoms with van der Waals surface area (Å²) in [5, 5.41) is 7.13. The summed E-state index contributed by atoms with van der Waals surface area (Å²) in [6.45, 7) is 10.4. The Hall–Kier alpha value is -0.450. The number of aromatic nitrogens is 1.